The molecule has 10 N–H and O–H groups in total. The molecule has 0 aliphatic rings. The number of carbonyl (C=O) groups is 3. The number of aromatic nitrogens is 1. The Labute approximate surface area is 415 Å². The highest BCUT2D eigenvalue weighted by molar-refractivity contribution is 7.85. The van der Waals surface area contributed by atoms with Crippen LogP contribution in [0.2, 0.25) is 0 Å². The van der Waals surface area contributed by atoms with Gasteiger partial charge in [0, 0.05) is 23.2 Å². The van der Waals surface area contributed by atoms with Crippen molar-refractivity contribution in [1.29, 1.82) is 0 Å². The number of ether oxygens (including phenoxy) is 2. The van der Waals surface area contributed by atoms with Crippen LogP contribution in [0.4, 0.5) is 0 Å². The van der Waals surface area contributed by atoms with Crippen molar-refractivity contribution in [3.8, 4) is 33.9 Å². The van der Waals surface area contributed by atoms with Gasteiger partial charge in [-0.1, -0.05) is 119 Å². The molecule has 1 heterocycles. The highest BCUT2D eigenvalue weighted by Gasteiger charge is 2.33. The van der Waals surface area contributed by atoms with Crippen LogP contribution in [0, 0.1) is 11.8 Å². The van der Waals surface area contributed by atoms with Crippen molar-refractivity contribution in [2.24, 2.45) is 34.0 Å². The number of nitrogens with one attached hydrogen (secondary N) is 3. The van der Waals surface area contributed by atoms with E-state index in [1.54, 1.807) is 30.3 Å². The largest absolute Gasteiger partial charge is 0.493 e. The maximum absolute atomic E-state index is 14.3. The number of nitrogens with two attached hydrogens (primary N) is 3. The standard InChI is InChI=1S/C53H66N8O9S/c1-33(2)27-30-68-43-25-23-35-15-8-10-19-38(35)46(43)47-39-20-11-9-16-36(39)24-26-44(47)69-32-45(62)58-40(21-12-13-28-54)49(63)59-41(22-14-29-57-53(55)56)50(64)60-42(31-34(3)4)51-61-52(71(65,66)67)48(70-51)37-17-6-5-7-18-37/h5-11,15-20,23-26,33-34,40-42H,12-14,21-22,27-32,54H2,1-4H3,(H,58,62)(H,59,63)(H,60,64)(H4,55,56,57)(H,65,66,67)/t40-,41-,42+/m1/s1. The summed E-state index contributed by atoms with van der Waals surface area (Å²) in [7, 11) is -4.86. The lowest BCUT2D eigenvalue weighted by atomic mass is 9.92. The average molecular weight is 991 g/mol. The van der Waals surface area contributed by atoms with Gasteiger partial charge in [0.2, 0.25) is 22.7 Å². The first kappa shape index (κ1) is 53.3. The summed E-state index contributed by atoms with van der Waals surface area (Å²) in [5.74, 6) is -0.900. The third kappa shape index (κ3) is 14.8. The van der Waals surface area contributed by atoms with Crippen LogP contribution in [-0.2, 0) is 24.5 Å². The summed E-state index contributed by atoms with van der Waals surface area (Å²) in [5.41, 5.74) is 18.9. The summed E-state index contributed by atoms with van der Waals surface area (Å²) in [6.45, 7) is 8.62. The van der Waals surface area contributed by atoms with Gasteiger partial charge in [0.25, 0.3) is 5.91 Å². The molecule has 18 heteroatoms. The van der Waals surface area contributed by atoms with Crippen LogP contribution in [-0.4, -0.2) is 80.0 Å². The Bertz CT molecular complexity index is 2900. The number of unbranched alkanes of at least 4 members (excludes halogenated alkanes) is 1. The molecule has 0 aliphatic carbocycles. The fourth-order valence-corrected chi connectivity index (χ4v) is 8.83. The minimum atomic E-state index is -4.86. The smallest absolute Gasteiger partial charge is 0.316 e. The number of guanidine groups is 1. The number of amides is 3. The Kier molecular flexibility index (Phi) is 18.9. The van der Waals surface area contributed by atoms with E-state index in [0.717, 1.165) is 39.1 Å². The first-order valence-electron chi connectivity index (χ1n) is 24.0. The quantitative estimate of drug-likeness (QED) is 0.0121. The number of rotatable bonds is 26. The Morgan fingerprint density at radius 2 is 1.28 bits per heavy atom. The third-order valence-electron chi connectivity index (χ3n) is 11.7. The van der Waals surface area contributed by atoms with Gasteiger partial charge < -0.3 is 47.0 Å². The van der Waals surface area contributed by atoms with E-state index in [2.05, 4.69) is 39.8 Å². The number of carbonyl (C=O) groups excluding carboxylic acids is 3. The zero-order chi connectivity index (χ0) is 51.1. The molecule has 6 aromatic rings. The Balaban J connectivity index is 1.26. The van der Waals surface area contributed by atoms with E-state index in [1.165, 1.54) is 0 Å². The lowest BCUT2D eigenvalue weighted by molar-refractivity contribution is -0.133. The first-order valence-corrected chi connectivity index (χ1v) is 25.5. The maximum atomic E-state index is 14.3. The Hall–Kier alpha value is -7.02. The van der Waals surface area contributed by atoms with Crippen LogP contribution in [0.1, 0.15) is 84.6 Å². The molecule has 71 heavy (non-hydrogen) atoms. The monoisotopic (exact) mass is 990 g/mol. The minimum absolute atomic E-state index is 0.0640. The van der Waals surface area contributed by atoms with Crippen molar-refractivity contribution < 1.29 is 41.2 Å². The van der Waals surface area contributed by atoms with Crippen LogP contribution in [0.25, 0.3) is 44.0 Å². The van der Waals surface area contributed by atoms with Crippen LogP contribution in [0.5, 0.6) is 11.5 Å². The number of fused-ring (bicyclic) bond motifs is 2. The lowest BCUT2D eigenvalue weighted by Crippen LogP contribution is -2.54. The first-order chi connectivity index (χ1) is 34.0. The predicted octanol–water partition coefficient (Wildman–Crippen LogP) is 7.42. The molecule has 0 radical (unpaired) electrons. The van der Waals surface area contributed by atoms with E-state index in [9.17, 15) is 27.4 Å². The number of hydrogen-bond donors (Lipinski definition) is 7. The van der Waals surface area contributed by atoms with Gasteiger partial charge >= 0.3 is 10.1 Å². The summed E-state index contributed by atoms with van der Waals surface area (Å²) in [5, 5.41) is 11.7. The maximum Gasteiger partial charge on any atom is 0.316 e. The summed E-state index contributed by atoms with van der Waals surface area (Å²) in [6, 6.07) is 28.7. The summed E-state index contributed by atoms with van der Waals surface area (Å²) in [6.07, 6.45) is 2.66. The normalized spacial score (nSPS) is 12.9. The third-order valence-corrected chi connectivity index (χ3v) is 12.5. The molecule has 1 aromatic heterocycles. The van der Waals surface area contributed by atoms with Crippen molar-refractivity contribution >= 4 is 55.3 Å². The molecular formula is C53H66N8O9S. The van der Waals surface area contributed by atoms with Crippen molar-refractivity contribution in [2.45, 2.75) is 95.8 Å². The van der Waals surface area contributed by atoms with E-state index in [-0.39, 0.29) is 55.8 Å². The molecule has 6 rings (SSSR count). The van der Waals surface area contributed by atoms with Crippen LogP contribution in [0.3, 0.4) is 0 Å². The zero-order valence-corrected chi connectivity index (χ0v) is 41.5. The SMILES string of the molecule is CC(C)CCOc1ccc2ccccc2c1-c1c(OCC(=O)N[C@H](CCCCN)C(=O)N[C@H](CCCN=C(N)N)C(=O)N[C@@H](CC(C)C)c2nc(S(=O)(=O)O)c(-c3ccccc3)o2)ccc2ccccc12. The zero-order valence-electron chi connectivity index (χ0n) is 40.7. The summed E-state index contributed by atoms with van der Waals surface area (Å²) < 4.78 is 54.1. The lowest BCUT2D eigenvalue weighted by Gasteiger charge is -2.25. The van der Waals surface area contributed by atoms with Gasteiger partial charge in [-0.05, 0) is 97.0 Å². The average Bonchev–Trinajstić information content (AvgIpc) is 3.81. The Morgan fingerprint density at radius 1 is 0.704 bits per heavy atom. The molecule has 0 saturated heterocycles. The van der Waals surface area contributed by atoms with Gasteiger partial charge in [-0.2, -0.15) is 13.4 Å². The second kappa shape index (κ2) is 25.2. The summed E-state index contributed by atoms with van der Waals surface area (Å²) >= 11 is 0. The van der Waals surface area contributed by atoms with Gasteiger partial charge in [-0.15, -0.1) is 0 Å². The van der Waals surface area contributed by atoms with Crippen molar-refractivity contribution in [3.05, 3.63) is 109 Å². The number of nitrogens with zero attached hydrogens (tertiary/aromatic N) is 2. The minimum Gasteiger partial charge on any atom is -0.493 e. The molecule has 3 amide bonds. The topological polar surface area (TPSA) is 277 Å². The highest BCUT2D eigenvalue weighted by atomic mass is 32.2. The molecule has 5 aromatic carbocycles. The van der Waals surface area contributed by atoms with Crippen LogP contribution < -0.4 is 42.6 Å². The van der Waals surface area contributed by atoms with E-state index in [4.69, 9.17) is 31.1 Å². The van der Waals surface area contributed by atoms with Crippen molar-refractivity contribution in [3.63, 3.8) is 0 Å². The fourth-order valence-electron chi connectivity index (χ4n) is 8.23. The molecule has 0 saturated carbocycles. The van der Waals surface area contributed by atoms with E-state index in [0.29, 0.717) is 49.0 Å². The van der Waals surface area contributed by atoms with Crippen LogP contribution in [0.15, 0.2) is 118 Å². The van der Waals surface area contributed by atoms with Gasteiger partial charge in [0.1, 0.15) is 29.6 Å². The van der Waals surface area contributed by atoms with E-state index >= 15 is 0 Å². The van der Waals surface area contributed by atoms with Crippen molar-refractivity contribution in [2.75, 3.05) is 26.3 Å². The van der Waals surface area contributed by atoms with Gasteiger partial charge in [-0.25, -0.2) is 0 Å². The molecule has 0 spiro atoms. The van der Waals surface area contributed by atoms with E-state index < -0.39 is 57.6 Å². The number of oxazole rings is 1. The predicted molar refractivity (Wildman–Crippen MR) is 276 cm³/mol. The van der Waals surface area contributed by atoms with Crippen LogP contribution >= 0.6 is 0 Å². The molecule has 378 valence electrons. The van der Waals surface area contributed by atoms with Gasteiger partial charge in [-0.3, -0.25) is 23.9 Å². The molecule has 0 unspecified atom stereocenters. The molecule has 0 bridgehead atoms. The van der Waals surface area contributed by atoms with Crippen molar-refractivity contribution in [1.82, 2.24) is 20.9 Å². The molecule has 0 aliphatic heterocycles. The highest BCUT2D eigenvalue weighted by Crippen LogP contribution is 2.45. The fraction of sp³-hybridized carbons (Fsp3) is 0.377. The Morgan fingerprint density at radius 3 is 1.87 bits per heavy atom. The second-order valence-corrected chi connectivity index (χ2v) is 19.6. The molecular weight excluding hydrogens is 925 g/mol. The number of aliphatic imine (C=N–C) groups is 1. The molecule has 0 fully saturated rings. The summed E-state index contributed by atoms with van der Waals surface area (Å²) in [4.78, 5) is 50.9. The molecule has 3 atom stereocenters. The molecule has 17 nitrogen and oxygen atoms in total. The van der Waals surface area contributed by atoms with Gasteiger partial charge in [0.05, 0.1) is 6.61 Å². The number of hydrogen-bond acceptors (Lipinski definition) is 11. The second-order valence-electron chi connectivity index (χ2n) is 18.3. The van der Waals surface area contributed by atoms with Gasteiger partial charge in [0.15, 0.2) is 18.3 Å². The number of benzene rings is 5. The van der Waals surface area contributed by atoms with E-state index in [1.807, 2.05) is 86.6 Å².